The van der Waals surface area contributed by atoms with E-state index < -0.39 is 11.0 Å². The Labute approximate surface area is 301 Å². The summed E-state index contributed by atoms with van der Waals surface area (Å²) in [6.07, 6.45) is 9.27. The number of allylic oxidation sites excluding steroid dienone is 1. The normalized spacial score (nSPS) is 40.0. The van der Waals surface area contributed by atoms with E-state index in [0.717, 1.165) is 50.5 Å². The van der Waals surface area contributed by atoms with E-state index in [0.29, 0.717) is 44.2 Å². The maximum absolute atomic E-state index is 14.7. The molecule has 4 saturated carbocycles. The van der Waals surface area contributed by atoms with Crippen molar-refractivity contribution >= 4 is 23.8 Å². The van der Waals surface area contributed by atoms with Gasteiger partial charge in [-0.3, -0.25) is 14.4 Å². The predicted octanol–water partition coefficient (Wildman–Crippen LogP) is 8.41. The minimum atomic E-state index is -0.780. The van der Waals surface area contributed by atoms with Crippen molar-refractivity contribution < 1.29 is 28.7 Å². The molecule has 8 nitrogen and oxygen atoms in total. The Morgan fingerprint density at radius 2 is 1.50 bits per heavy atom. The molecule has 1 saturated heterocycles. The van der Waals surface area contributed by atoms with Crippen LogP contribution in [0.25, 0.3) is 0 Å². The summed E-state index contributed by atoms with van der Waals surface area (Å²) in [5.41, 5.74) is 0.886. The standard InChI is InChI=1S/C42H66N2O6/c1-25(2)33-29(46)24-42(35(47)43-27-16-22-44(23-17-27)36(48)50-37(4,5)6)21-20-40(10)28(34(33)42)12-13-31-39(9)18-15-32(49-26(3)45)38(7,8)30(39)14-19-41(31,40)11/h25,27-28,30-32H,12-24H2,1-11H3,(H,43,47)/t28-,30+,31-,32+,39+,40-,41-,42-/m1/s1. The summed E-state index contributed by atoms with van der Waals surface area (Å²) in [7, 11) is 0. The first-order valence-corrected chi connectivity index (χ1v) is 19.8. The summed E-state index contributed by atoms with van der Waals surface area (Å²) in [4.78, 5) is 55.3. The summed E-state index contributed by atoms with van der Waals surface area (Å²) in [5.74, 6) is 1.30. The van der Waals surface area contributed by atoms with Gasteiger partial charge in [0, 0.05) is 37.9 Å². The lowest BCUT2D eigenvalue weighted by atomic mass is 9.33. The second-order valence-electron chi connectivity index (χ2n) is 20.0. The quantitative estimate of drug-likeness (QED) is 0.297. The van der Waals surface area contributed by atoms with Crippen molar-refractivity contribution in [3.8, 4) is 0 Å². The minimum absolute atomic E-state index is 0.0244. The molecule has 50 heavy (non-hydrogen) atoms. The minimum Gasteiger partial charge on any atom is -0.462 e. The summed E-state index contributed by atoms with van der Waals surface area (Å²) < 4.78 is 11.5. The van der Waals surface area contributed by atoms with Gasteiger partial charge in [-0.15, -0.1) is 0 Å². The monoisotopic (exact) mass is 694 g/mol. The van der Waals surface area contributed by atoms with Crippen LogP contribution in [0.2, 0.25) is 0 Å². The first-order chi connectivity index (χ1) is 23.1. The lowest BCUT2D eigenvalue weighted by molar-refractivity contribution is -0.232. The summed E-state index contributed by atoms with van der Waals surface area (Å²) in [5, 5.41) is 3.44. The molecule has 0 unspecified atom stereocenters. The highest BCUT2D eigenvalue weighted by Crippen LogP contribution is 2.76. The molecular weight excluding hydrogens is 628 g/mol. The zero-order valence-electron chi connectivity index (χ0n) is 33.1. The molecule has 0 aromatic rings. The SMILES string of the molecule is CC(=O)O[C@H]1CC[C@]2(C)[C@H]3CC[C@@H]4C5=C(C(C)C)C(=O)C[C@]5(C(=O)NC5CCN(C(=O)OC(C)(C)C)CC5)CC[C@@]4(C)[C@]3(C)CC[C@H]2C1(C)C. The largest absolute Gasteiger partial charge is 0.462 e. The van der Waals surface area contributed by atoms with Crippen molar-refractivity contribution in [2.24, 2.45) is 50.7 Å². The molecule has 1 N–H and O–H groups in total. The van der Waals surface area contributed by atoms with Crippen LogP contribution in [0.4, 0.5) is 4.79 Å². The van der Waals surface area contributed by atoms with Crippen LogP contribution in [0, 0.1) is 50.7 Å². The van der Waals surface area contributed by atoms with Crippen LogP contribution in [-0.4, -0.2) is 59.5 Å². The second kappa shape index (κ2) is 12.4. The topological polar surface area (TPSA) is 102 Å². The molecule has 8 atom stereocenters. The van der Waals surface area contributed by atoms with Crippen LogP contribution in [0.5, 0.6) is 0 Å². The number of ketones is 1. The molecule has 0 spiro atoms. The molecule has 5 aliphatic carbocycles. The molecule has 0 radical (unpaired) electrons. The number of hydrogen-bond donors (Lipinski definition) is 1. The Morgan fingerprint density at radius 1 is 0.840 bits per heavy atom. The average Bonchev–Trinajstić information content (AvgIpc) is 3.31. The summed E-state index contributed by atoms with van der Waals surface area (Å²) >= 11 is 0. The third kappa shape index (κ3) is 5.67. The molecule has 0 bridgehead atoms. The van der Waals surface area contributed by atoms with E-state index in [9.17, 15) is 19.2 Å². The maximum Gasteiger partial charge on any atom is 0.410 e. The highest BCUT2D eigenvalue weighted by atomic mass is 16.6. The van der Waals surface area contributed by atoms with E-state index in [1.807, 2.05) is 20.8 Å². The molecule has 5 fully saturated rings. The van der Waals surface area contributed by atoms with Gasteiger partial charge in [-0.1, -0.05) is 48.5 Å². The fourth-order valence-corrected chi connectivity index (χ4v) is 13.1. The number of rotatable bonds is 4. The fraction of sp³-hybridized carbons (Fsp3) is 0.857. The van der Waals surface area contributed by atoms with Crippen molar-refractivity contribution in [1.82, 2.24) is 10.2 Å². The Bertz CT molecular complexity index is 1450. The van der Waals surface area contributed by atoms with E-state index in [2.05, 4.69) is 53.8 Å². The molecule has 0 aromatic heterocycles. The lowest BCUT2D eigenvalue weighted by Crippen LogP contribution is -2.66. The van der Waals surface area contributed by atoms with Gasteiger partial charge in [0.2, 0.25) is 5.91 Å². The number of Topliss-reactive ketones (excluding diaryl/α,β-unsaturated/α-hetero) is 1. The number of nitrogens with zero attached hydrogens (tertiary/aromatic N) is 1. The van der Waals surface area contributed by atoms with Gasteiger partial charge in [-0.25, -0.2) is 4.79 Å². The highest BCUT2D eigenvalue weighted by Gasteiger charge is 2.71. The van der Waals surface area contributed by atoms with Gasteiger partial charge in [-0.2, -0.15) is 0 Å². The fourth-order valence-electron chi connectivity index (χ4n) is 13.1. The van der Waals surface area contributed by atoms with Crippen LogP contribution in [0.3, 0.4) is 0 Å². The molecule has 1 heterocycles. The van der Waals surface area contributed by atoms with E-state index >= 15 is 0 Å². The van der Waals surface area contributed by atoms with Gasteiger partial charge in [0.05, 0.1) is 5.41 Å². The third-order valence-electron chi connectivity index (χ3n) is 15.6. The Hall–Kier alpha value is -2.38. The number of carbonyl (C=O) groups excluding carboxylic acids is 4. The van der Waals surface area contributed by atoms with E-state index in [4.69, 9.17) is 9.47 Å². The van der Waals surface area contributed by atoms with Gasteiger partial charge in [-0.05, 0) is 136 Å². The molecule has 2 amide bonds. The Morgan fingerprint density at radius 3 is 2.10 bits per heavy atom. The molecule has 6 aliphatic rings. The number of likely N-dealkylation sites (tertiary alicyclic amines) is 1. The zero-order valence-corrected chi connectivity index (χ0v) is 33.1. The van der Waals surface area contributed by atoms with Crippen molar-refractivity contribution in [1.29, 1.82) is 0 Å². The number of hydrogen-bond acceptors (Lipinski definition) is 6. The third-order valence-corrected chi connectivity index (χ3v) is 15.6. The number of carbonyl (C=O) groups is 4. The van der Waals surface area contributed by atoms with E-state index in [1.54, 1.807) is 4.90 Å². The number of esters is 1. The lowest BCUT2D eigenvalue weighted by Gasteiger charge is -2.72. The van der Waals surface area contributed by atoms with Gasteiger partial charge in [0.15, 0.2) is 5.78 Å². The molecule has 0 aromatic carbocycles. The van der Waals surface area contributed by atoms with Gasteiger partial charge >= 0.3 is 12.1 Å². The van der Waals surface area contributed by atoms with Crippen molar-refractivity contribution in [2.45, 2.75) is 165 Å². The van der Waals surface area contributed by atoms with Gasteiger partial charge in [0.1, 0.15) is 11.7 Å². The second-order valence-corrected chi connectivity index (χ2v) is 20.0. The van der Waals surface area contributed by atoms with Gasteiger partial charge in [0.25, 0.3) is 0 Å². The first kappa shape index (κ1) is 37.4. The Balaban J connectivity index is 1.27. The first-order valence-electron chi connectivity index (χ1n) is 19.8. The van der Waals surface area contributed by atoms with Crippen molar-refractivity contribution in [3.63, 3.8) is 0 Å². The van der Waals surface area contributed by atoms with Crippen molar-refractivity contribution in [2.75, 3.05) is 13.1 Å². The smallest absolute Gasteiger partial charge is 0.410 e. The molecule has 8 heteroatoms. The maximum atomic E-state index is 14.7. The number of fused-ring (bicyclic) bond motifs is 7. The predicted molar refractivity (Wildman–Crippen MR) is 194 cm³/mol. The number of amides is 2. The summed E-state index contributed by atoms with van der Waals surface area (Å²) in [6, 6.07) is -0.0303. The van der Waals surface area contributed by atoms with Crippen LogP contribution < -0.4 is 5.32 Å². The van der Waals surface area contributed by atoms with Crippen LogP contribution >= 0.6 is 0 Å². The molecular formula is C42H66N2O6. The average molecular weight is 695 g/mol. The van der Waals surface area contributed by atoms with Gasteiger partial charge < -0.3 is 19.7 Å². The van der Waals surface area contributed by atoms with Crippen LogP contribution in [0.15, 0.2) is 11.1 Å². The van der Waals surface area contributed by atoms with E-state index in [-0.39, 0.29) is 75.8 Å². The summed E-state index contributed by atoms with van der Waals surface area (Å²) in [6.45, 7) is 24.8. The number of nitrogens with one attached hydrogen (secondary N) is 1. The number of piperidine rings is 1. The molecule has 280 valence electrons. The van der Waals surface area contributed by atoms with E-state index in [1.165, 1.54) is 12.5 Å². The van der Waals surface area contributed by atoms with Crippen LogP contribution in [-0.2, 0) is 23.9 Å². The zero-order chi connectivity index (χ0) is 36.8. The molecule has 1 aliphatic heterocycles. The highest BCUT2D eigenvalue weighted by molar-refractivity contribution is 6.07. The Kier molecular flexibility index (Phi) is 9.24. The number of ether oxygens (including phenoxy) is 2. The molecule has 6 rings (SSSR count). The van der Waals surface area contributed by atoms with Crippen molar-refractivity contribution in [3.05, 3.63) is 11.1 Å². The van der Waals surface area contributed by atoms with Crippen LogP contribution in [0.1, 0.15) is 147 Å².